The number of rotatable bonds is 3. The van der Waals surface area contributed by atoms with Gasteiger partial charge in [-0.3, -0.25) is 4.98 Å². The number of hydrogen-bond acceptors (Lipinski definition) is 5. The smallest absolute Gasteiger partial charge is 0.213 e. The van der Waals surface area contributed by atoms with Gasteiger partial charge in [0.05, 0.1) is 27.5 Å². The summed E-state index contributed by atoms with van der Waals surface area (Å²) in [4.78, 5) is 17.1. The lowest BCUT2D eigenvalue weighted by atomic mass is 10.3. The summed E-state index contributed by atoms with van der Waals surface area (Å²) in [6, 6.07) is 6.65. The summed E-state index contributed by atoms with van der Waals surface area (Å²) in [5.41, 5.74) is 2.32. The molecule has 0 saturated heterocycles. The Hall–Kier alpha value is -2.67. The van der Waals surface area contributed by atoms with Crippen LogP contribution in [0.3, 0.4) is 0 Å². The average molecular weight is 325 g/mol. The van der Waals surface area contributed by atoms with Crippen LogP contribution in [0.1, 0.15) is 10.7 Å². The Balaban J connectivity index is 1.70. The van der Waals surface area contributed by atoms with E-state index in [0.29, 0.717) is 18.1 Å². The van der Waals surface area contributed by atoms with Crippen molar-refractivity contribution in [1.29, 1.82) is 0 Å². The largest absolute Gasteiger partial charge is 0.324 e. The van der Waals surface area contributed by atoms with Crippen LogP contribution in [0.4, 0.5) is 4.39 Å². The Morgan fingerprint density at radius 2 is 2.13 bits per heavy atom. The highest BCUT2D eigenvalue weighted by Crippen LogP contribution is 2.22. The van der Waals surface area contributed by atoms with Crippen LogP contribution >= 0.6 is 11.3 Å². The van der Waals surface area contributed by atoms with Crippen molar-refractivity contribution in [3.63, 3.8) is 0 Å². The first kappa shape index (κ1) is 14.0. The fourth-order valence-electron chi connectivity index (χ4n) is 2.46. The molecule has 0 fully saturated rings. The Morgan fingerprint density at radius 1 is 1.22 bits per heavy atom. The quantitative estimate of drug-likeness (QED) is 0.541. The molecule has 0 bridgehead atoms. The molecule has 0 aliphatic carbocycles. The molecule has 0 radical (unpaired) electrons. The van der Waals surface area contributed by atoms with E-state index in [-0.39, 0.29) is 0 Å². The van der Waals surface area contributed by atoms with Crippen LogP contribution in [0.5, 0.6) is 0 Å². The molecule has 4 aromatic rings. The van der Waals surface area contributed by atoms with Crippen LogP contribution in [0.15, 0.2) is 42.9 Å². The Bertz CT molecular complexity index is 991. The maximum Gasteiger partial charge on any atom is 0.213 e. The lowest BCUT2D eigenvalue weighted by molar-refractivity contribution is 0.584. The third-order valence-electron chi connectivity index (χ3n) is 3.43. The molecule has 0 atom stereocenters. The zero-order valence-corrected chi connectivity index (χ0v) is 13.1. The van der Waals surface area contributed by atoms with E-state index < -0.39 is 5.95 Å². The van der Waals surface area contributed by atoms with Crippen LogP contribution in [0.2, 0.25) is 0 Å². The molecule has 23 heavy (non-hydrogen) atoms. The number of imidazole rings is 1. The molecule has 114 valence electrons. The number of thiazole rings is 1. The fraction of sp³-hybridized carbons (Fsp3) is 0.125. The highest BCUT2D eigenvalue weighted by Gasteiger charge is 2.10. The highest BCUT2D eigenvalue weighted by molar-refractivity contribution is 7.18. The van der Waals surface area contributed by atoms with Gasteiger partial charge >= 0.3 is 0 Å². The lowest BCUT2D eigenvalue weighted by Crippen LogP contribution is -2.04. The third kappa shape index (κ3) is 2.70. The van der Waals surface area contributed by atoms with E-state index in [2.05, 4.69) is 19.9 Å². The van der Waals surface area contributed by atoms with Crippen LogP contribution in [0, 0.1) is 12.9 Å². The molecule has 0 aromatic carbocycles. The summed E-state index contributed by atoms with van der Waals surface area (Å²) in [6.07, 6.45) is 5.35. The summed E-state index contributed by atoms with van der Waals surface area (Å²) in [6.45, 7) is 2.51. The minimum Gasteiger partial charge on any atom is -0.324 e. The van der Waals surface area contributed by atoms with Crippen LogP contribution in [0.25, 0.3) is 21.7 Å². The minimum atomic E-state index is -0.519. The zero-order valence-electron chi connectivity index (χ0n) is 12.3. The molecule has 4 heterocycles. The molecule has 0 saturated carbocycles. The monoisotopic (exact) mass is 325 g/mol. The van der Waals surface area contributed by atoms with Gasteiger partial charge in [-0.15, -0.1) is 11.3 Å². The van der Waals surface area contributed by atoms with Crippen LogP contribution in [-0.2, 0) is 6.54 Å². The average Bonchev–Trinajstić information content (AvgIpc) is 3.12. The van der Waals surface area contributed by atoms with Gasteiger partial charge in [0.25, 0.3) is 0 Å². The molecular weight excluding hydrogens is 313 g/mol. The third-order valence-corrected chi connectivity index (χ3v) is 4.35. The molecule has 0 aliphatic heterocycles. The number of fused-ring (bicyclic) bond motifs is 1. The van der Waals surface area contributed by atoms with Gasteiger partial charge in [-0.25, -0.2) is 15.0 Å². The predicted octanol–water partition coefficient (Wildman–Crippen LogP) is 3.45. The van der Waals surface area contributed by atoms with E-state index >= 15 is 0 Å². The molecular formula is C16H12FN5S. The standard InChI is InChI=1S/C16H12FN5S/c1-10-20-13-7-11(19-8-14(13)23-10)9-22-6-5-18-16(22)12-3-2-4-15(17)21-12/h2-8H,9H2,1H3. The van der Waals surface area contributed by atoms with Gasteiger partial charge in [-0.2, -0.15) is 4.39 Å². The molecule has 0 spiro atoms. The van der Waals surface area contributed by atoms with Gasteiger partial charge in [-0.05, 0) is 25.1 Å². The summed E-state index contributed by atoms with van der Waals surface area (Å²) in [5, 5.41) is 1.02. The molecule has 5 nitrogen and oxygen atoms in total. The number of halogens is 1. The maximum absolute atomic E-state index is 13.3. The van der Waals surface area contributed by atoms with Gasteiger partial charge in [-0.1, -0.05) is 6.07 Å². The van der Waals surface area contributed by atoms with Gasteiger partial charge in [0.15, 0.2) is 5.82 Å². The van der Waals surface area contributed by atoms with Crippen LogP contribution < -0.4 is 0 Å². The predicted molar refractivity (Wildman–Crippen MR) is 86.7 cm³/mol. The second kappa shape index (κ2) is 5.51. The van der Waals surface area contributed by atoms with Crippen molar-refractivity contribution in [2.24, 2.45) is 0 Å². The van der Waals surface area contributed by atoms with E-state index in [4.69, 9.17) is 0 Å². The first-order chi connectivity index (χ1) is 11.2. The minimum absolute atomic E-state index is 0.501. The van der Waals surface area contributed by atoms with Gasteiger partial charge in [0, 0.05) is 18.6 Å². The van der Waals surface area contributed by atoms with E-state index in [1.807, 2.05) is 30.0 Å². The first-order valence-electron chi connectivity index (χ1n) is 7.05. The Labute approximate surface area is 135 Å². The van der Waals surface area contributed by atoms with E-state index in [0.717, 1.165) is 20.9 Å². The van der Waals surface area contributed by atoms with Gasteiger partial charge in [0.1, 0.15) is 5.69 Å². The van der Waals surface area contributed by atoms with Gasteiger partial charge < -0.3 is 4.57 Å². The number of pyridine rings is 2. The number of aromatic nitrogens is 5. The Morgan fingerprint density at radius 3 is 3.00 bits per heavy atom. The van der Waals surface area contributed by atoms with Crippen molar-refractivity contribution in [3.05, 3.63) is 59.5 Å². The molecule has 0 unspecified atom stereocenters. The molecule has 0 aliphatic rings. The van der Waals surface area contributed by atoms with Crippen molar-refractivity contribution < 1.29 is 4.39 Å². The zero-order chi connectivity index (χ0) is 15.8. The molecule has 0 amide bonds. The molecule has 4 aromatic heterocycles. The number of nitrogens with zero attached hydrogens (tertiary/aromatic N) is 5. The van der Waals surface area contributed by atoms with Crippen molar-refractivity contribution in [3.8, 4) is 11.5 Å². The molecule has 7 heteroatoms. The normalized spacial score (nSPS) is 11.2. The van der Waals surface area contributed by atoms with E-state index in [1.54, 1.807) is 29.7 Å². The molecule has 0 N–H and O–H groups in total. The van der Waals surface area contributed by atoms with Crippen LogP contribution in [-0.4, -0.2) is 24.5 Å². The molecule has 4 rings (SSSR count). The fourth-order valence-corrected chi connectivity index (χ4v) is 3.23. The van der Waals surface area contributed by atoms with Crippen molar-refractivity contribution in [1.82, 2.24) is 24.5 Å². The summed E-state index contributed by atoms with van der Waals surface area (Å²) >= 11 is 1.63. The summed E-state index contributed by atoms with van der Waals surface area (Å²) in [7, 11) is 0. The topological polar surface area (TPSA) is 56.5 Å². The van der Waals surface area contributed by atoms with E-state index in [9.17, 15) is 4.39 Å². The van der Waals surface area contributed by atoms with Gasteiger partial charge in [0.2, 0.25) is 5.95 Å². The maximum atomic E-state index is 13.3. The van der Waals surface area contributed by atoms with Crippen molar-refractivity contribution >= 4 is 21.6 Å². The second-order valence-electron chi connectivity index (χ2n) is 5.10. The lowest BCUT2D eigenvalue weighted by Gasteiger charge is -2.07. The van der Waals surface area contributed by atoms with E-state index in [1.165, 1.54) is 6.07 Å². The first-order valence-corrected chi connectivity index (χ1v) is 7.87. The SMILES string of the molecule is Cc1nc2cc(Cn3ccnc3-c3cccc(F)n3)ncc2s1. The number of hydrogen-bond donors (Lipinski definition) is 0. The van der Waals surface area contributed by atoms with Crippen molar-refractivity contribution in [2.75, 3.05) is 0 Å². The Kier molecular flexibility index (Phi) is 3.34. The second-order valence-corrected chi connectivity index (χ2v) is 6.34. The highest BCUT2D eigenvalue weighted by atomic mass is 32.1. The number of aryl methyl sites for hydroxylation is 1. The summed E-state index contributed by atoms with van der Waals surface area (Å²) < 4.78 is 16.3. The van der Waals surface area contributed by atoms with Crippen molar-refractivity contribution in [2.45, 2.75) is 13.5 Å². The summed E-state index contributed by atoms with van der Waals surface area (Å²) in [5.74, 6) is 0.0930.